The summed E-state index contributed by atoms with van der Waals surface area (Å²) < 4.78 is 6.26. The predicted octanol–water partition coefficient (Wildman–Crippen LogP) is 5.74. The Bertz CT molecular complexity index is 1330. The molecule has 6 nitrogen and oxygen atoms in total. The summed E-state index contributed by atoms with van der Waals surface area (Å²) in [6.07, 6.45) is 1.40. The number of fused-ring (bicyclic) bond motifs is 1. The number of nitrogens with zero attached hydrogens (tertiary/aromatic N) is 2. The highest BCUT2D eigenvalue weighted by Gasteiger charge is 2.10. The van der Waals surface area contributed by atoms with Gasteiger partial charge < -0.3 is 15.4 Å². The summed E-state index contributed by atoms with van der Waals surface area (Å²) >= 11 is 1.65. The van der Waals surface area contributed by atoms with Gasteiger partial charge in [-0.05, 0) is 73.2 Å². The van der Waals surface area contributed by atoms with E-state index in [1.807, 2.05) is 36.4 Å². The molecule has 0 radical (unpaired) electrons. The van der Waals surface area contributed by atoms with Crippen LogP contribution in [0.3, 0.4) is 0 Å². The minimum absolute atomic E-state index is 0.0357. The number of aromatic nitrogens is 1. The maximum atomic E-state index is 12.4. The minimum Gasteiger partial charge on any atom is -0.497 e. The normalized spacial score (nSPS) is 11.1. The number of benzene rings is 3. The van der Waals surface area contributed by atoms with E-state index in [0.717, 1.165) is 26.5 Å². The molecule has 0 saturated carbocycles. The maximum Gasteiger partial charge on any atom is 0.267 e. The Morgan fingerprint density at radius 1 is 1.06 bits per heavy atom. The molecule has 4 aromatic rings. The van der Waals surface area contributed by atoms with Crippen LogP contribution in [0, 0.1) is 18.3 Å². The molecule has 0 aliphatic heterocycles. The molecule has 0 aliphatic rings. The lowest BCUT2D eigenvalue weighted by molar-refractivity contribution is -0.112. The van der Waals surface area contributed by atoms with Crippen LogP contribution >= 0.6 is 11.3 Å². The highest BCUT2D eigenvalue weighted by Crippen LogP contribution is 2.31. The third kappa shape index (κ3) is 4.77. The number of hydrogen-bond donors (Lipinski definition) is 2. The number of thiazole rings is 1. The number of carbonyl (C=O) groups excluding carboxylic acids is 1. The fourth-order valence-electron chi connectivity index (χ4n) is 3.04. The Kier molecular flexibility index (Phi) is 6.15. The summed E-state index contributed by atoms with van der Waals surface area (Å²) in [7, 11) is 1.57. The van der Waals surface area contributed by atoms with Crippen LogP contribution in [-0.2, 0) is 4.79 Å². The molecule has 2 N–H and O–H groups in total. The van der Waals surface area contributed by atoms with Crippen molar-refractivity contribution in [2.75, 3.05) is 17.7 Å². The molecule has 1 heterocycles. The summed E-state index contributed by atoms with van der Waals surface area (Å²) in [4.78, 5) is 17.1. The number of carbonyl (C=O) groups is 1. The minimum atomic E-state index is -0.494. The van der Waals surface area contributed by atoms with Crippen LogP contribution in [0.1, 0.15) is 5.56 Å². The quantitative estimate of drug-likeness (QED) is 0.295. The van der Waals surface area contributed by atoms with E-state index in [-0.39, 0.29) is 5.57 Å². The SMILES string of the molecule is COc1ccc(NC(=O)/C(C#N)=C\Nc2ccc(-c3nc4ccc(C)cc4s3)cc2)cc1. The van der Waals surface area contributed by atoms with E-state index in [0.29, 0.717) is 11.4 Å². The molecule has 7 heteroatoms. The van der Waals surface area contributed by atoms with Gasteiger partial charge in [0, 0.05) is 23.1 Å². The van der Waals surface area contributed by atoms with Crippen molar-refractivity contribution in [1.29, 1.82) is 5.26 Å². The second-order valence-electron chi connectivity index (χ2n) is 7.06. The standard InChI is InChI=1S/C25H20N4O2S/c1-16-3-12-22-23(13-16)32-25(29-22)17-4-6-19(7-5-17)27-15-18(14-26)24(30)28-20-8-10-21(31-2)11-9-20/h3-13,15,27H,1-2H3,(H,28,30)/b18-15-. The van der Waals surface area contributed by atoms with E-state index in [4.69, 9.17) is 9.72 Å². The van der Waals surface area contributed by atoms with Gasteiger partial charge in [-0.15, -0.1) is 11.3 Å². The van der Waals surface area contributed by atoms with Crippen LogP contribution < -0.4 is 15.4 Å². The maximum absolute atomic E-state index is 12.4. The molecule has 1 aromatic heterocycles. The van der Waals surface area contributed by atoms with Crippen LogP contribution in [0.15, 0.2) is 78.5 Å². The summed E-state index contributed by atoms with van der Waals surface area (Å²) in [6.45, 7) is 2.07. The third-order valence-corrected chi connectivity index (χ3v) is 5.84. The third-order valence-electron chi connectivity index (χ3n) is 4.77. The smallest absolute Gasteiger partial charge is 0.267 e. The van der Waals surface area contributed by atoms with Gasteiger partial charge in [0.15, 0.2) is 0 Å². The Morgan fingerprint density at radius 3 is 2.47 bits per heavy atom. The van der Waals surface area contributed by atoms with E-state index < -0.39 is 5.91 Å². The largest absolute Gasteiger partial charge is 0.497 e. The first-order valence-electron chi connectivity index (χ1n) is 9.85. The molecule has 0 saturated heterocycles. The molecule has 32 heavy (non-hydrogen) atoms. The monoisotopic (exact) mass is 440 g/mol. The molecule has 0 atom stereocenters. The van der Waals surface area contributed by atoms with Crippen molar-refractivity contribution in [3.63, 3.8) is 0 Å². The van der Waals surface area contributed by atoms with Gasteiger partial charge >= 0.3 is 0 Å². The van der Waals surface area contributed by atoms with Gasteiger partial charge in [0.1, 0.15) is 22.4 Å². The number of ether oxygens (including phenoxy) is 1. The molecule has 158 valence electrons. The van der Waals surface area contributed by atoms with E-state index in [9.17, 15) is 10.1 Å². The molecule has 4 rings (SSSR count). The van der Waals surface area contributed by atoms with Crippen LogP contribution in [0.4, 0.5) is 11.4 Å². The van der Waals surface area contributed by atoms with Crippen molar-refractivity contribution < 1.29 is 9.53 Å². The lowest BCUT2D eigenvalue weighted by Crippen LogP contribution is -2.14. The number of rotatable bonds is 6. The number of hydrogen-bond acceptors (Lipinski definition) is 6. The molecule has 1 amide bonds. The lowest BCUT2D eigenvalue weighted by Gasteiger charge is -2.06. The van der Waals surface area contributed by atoms with Gasteiger partial charge in [0.2, 0.25) is 0 Å². The predicted molar refractivity (Wildman–Crippen MR) is 129 cm³/mol. The van der Waals surface area contributed by atoms with Crippen molar-refractivity contribution >= 4 is 38.8 Å². The van der Waals surface area contributed by atoms with E-state index in [1.165, 1.54) is 11.8 Å². The van der Waals surface area contributed by atoms with E-state index >= 15 is 0 Å². The summed E-state index contributed by atoms with van der Waals surface area (Å²) in [5, 5.41) is 16.0. The molecule has 0 unspecified atom stereocenters. The zero-order valence-corrected chi connectivity index (χ0v) is 18.4. The highest BCUT2D eigenvalue weighted by atomic mass is 32.1. The molecular formula is C25H20N4O2S. The zero-order valence-electron chi connectivity index (χ0n) is 17.5. The van der Waals surface area contributed by atoms with E-state index in [2.05, 4.69) is 29.7 Å². The molecule has 0 aliphatic carbocycles. The summed E-state index contributed by atoms with van der Waals surface area (Å²) in [5.41, 5.74) is 4.51. The number of aryl methyl sites for hydroxylation is 1. The molecule has 3 aromatic carbocycles. The number of anilines is 2. The van der Waals surface area contributed by atoms with Crippen molar-refractivity contribution in [3.8, 4) is 22.4 Å². The Hall–Kier alpha value is -4.15. The first-order valence-corrected chi connectivity index (χ1v) is 10.7. The van der Waals surface area contributed by atoms with Crippen molar-refractivity contribution in [2.45, 2.75) is 6.92 Å². The topological polar surface area (TPSA) is 87.0 Å². The lowest BCUT2D eigenvalue weighted by atomic mass is 10.2. The van der Waals surface area contributed by atoms with Gasteiger partial charge in [-0.2, -0.15) is 5.26 Å². The van der Waals surface area contributed by atoms with Crippen molar-refractivity contribution in [3.05, 3.63) is 84.1 Å². The van der Waals surface area contributed by atoms with Crippen LogP contribution in [0.25, 0.3) is 20.8 Å². The number of nitrogens with one attached hydrogen (secondary N) is 2. The first-order chi connectivity index (χ1) is 15.6. The summed E-state index contributed by atoms with van der Waals surface area (Å²) in [5.74, 6) is 0.191. The highest BCUT2D eigenvalue weighted by molar-refractivity contribution is 7.21. The number of methoxy groups -OCH3 is 1. The van der Waals surface area contributed by atoms with Gasteiger partial charge in [-0.1, -0.05) is 6.07 Å². The van der Waals surface area contributed by atoms with Gasteiger partial charge in [-0.25, -0.2) is 4.98 Å². The van der Waals surface area contributed by atoms with Crippen LogP contribution in [0.2, 0.25) is 0 Å². The zero-order chi connectivity index (χ0) is 22.5. The number of nitriles is 1. The van der Waals surface area contributed by atoms with Crippen LogP contribution in [0.5, 0.6) is 5.75 Å². The van der Waals surface area contributed by atoms with Crippen molar-refractivity contribution in [2.24, 2.45) is 0 Å². The Balaban J connectivity index is 1.44. The molecule has 0 fully saturated rings. The second-order valence-corrected chi connectivity index (χ2v) is 8.09. The fourth-order valence-corrected chi connectivity index (χ4v) is 4.11. The van der Waals surface area contributed by atoms with Gasteiger partial charge in [0.25, 0.3) is 5.91 Å². The number of amides is 1. The average Bonchev–Trinajstić information content (AvgIpc) is 3.23. The molecule has 0 spiro atoms. The Labute approximate surface area is 189 Å². The average molecular weight is 441 g/mol. The van der Waals surface area contributed by atoms with E-state index in [1.54, 1.807) is 42.7 Å². The fraction of sp³-hybridized carbons (Fsp3) is 0.0800. The van der Waals surface area contributed by atoms with Gasteiger partial charge in [-0.3, -0.25) is 4.79 Å². The van der Waals surface area contributed by atoms with Crippen LogP contribution in [-0.4, -0.2) is 18.0 Å². The Morgan fingerprint density at radius 2 is 1.78 bits per heavy atom. The van der Waals surface area contributed by atoms with Gasteiger partial charge in [0.05, 0.1) is 17.3 Å². The summed E-state index contributed by atoms with van der Waals surface area (Å²) in [6, 6.07) is 22.7. The second kappa shape index (κ2) is 9.33. The van der Waals surface area contributed by atoms with Crippen molar-refractivity contribution in [1.82, 2.24) is 4.98 Å². The first kappa shape index (κ1) is 21.1. The molecular weight excluding hydrogens is 420 g/mol. The molecule has 0 bridgehead atoms.